The maximum Gasteiger partial charge on any atom is 0.338 e. The van der Waals surface area contributed by atoms with Gasteiger partial charge in [0, 0.05) is 0 Å². The van der Waals surface area contributed by atoms with Gasteiger partial charge in [-0.25, -0.2) is 4.79 Å². The molecule has 1 heterocycles. The molecule has 1 fully saturated rings. The van der Waals surface area contributed by atoms with Gasteiger partial charge in [-0.05, 0) is 31.8 Å². The van der Waals surface area contributed by atoms with Crippen LogP contribution >= 0.6 is 0 Å². The number of ether oxygens (including phenoxy) is 1. The highest BCUT2D eigenvalue weighted by molar-refractivity contribution is 5.95. The Morgan fingerprint density at radius 2 is 1.63 bits per heavy atom. The van der Waals surface area contributed by atoms with E-state index in [4.69, 9.17) is 4.74 Å². The molecular weight excluding hydrogens is 236 g/mol. The van der Waals surface area contributed by atoms with Gasteiger partial charge in [-0.3, -0.25) is 0 Å². The van der Waals surface area contributed by atoms with Crippen molar-refractivity contribution in [1.29, 1.82) is 0 Å². The van der Waals surface area contributed by atoms with Gasteiger partial charge in [0.2, 0.25) is 0 Å². The van der Waals surface area contributed by atoms with Crippen LogP contribution in [0.2, 0.25) is 0 Å². The molecule has 0 bridgehead atoms. The highest BCUT2D eigenvalue weighted by Gasteiger charge is 2.34. The number of carbonyl (C=O) groups excluding carboxylic acids is 1. The monoisotopic (exact) mass is 260 g/mol. The fourth-order valence-corrected chi connectivity index (χ4v) is 2.60. The molecule has 19 heavy (non-hydrogen) atoms. The number of allylic oxidation sites excluding steroid dienone is 5. The summed E-state index contributed by atoms with van der Waals surface area (Å²) >= 11 is 0. The van der Waals surface area contributed by atoms with E-state index in [2.05, 4.69) is 12.2 Å². The van der Waals surface area contributed by atoms with Crippen molar-refractivity contribution in [3.63, 3.8) is 0 Å². The Morgan fingerprint density at radius 3 is 2.42 bits per heavy atom. The van der Waals surface area contributed by atoms with Gasteiger partial charge in [0.25, 0.3) is 0 Å². The van der Waals surface area contributed by atoms with Gasteiger partial charge in [0.05, 0.1) is 5.57 Å². The first kappa shape index (κ1) is 14.1. The zero-order valence-corrected chi connectivity index (χ0v) is 11.6. The summed E-state index contributed by atoms with van der Waals surface area (Å²) in [5, 5.41) is 0. The number of carbonyl (C=O) groups is 1. The minimum atomic E-state index is -0.139. The molecule has 104 valence electrons. The molecule has 0 spiro atoms. The van der Waals surface area contributed by atoms with Gasteiger partial charge >= 0.3 is 5.97 Å². The lowest BCUT2D eigenvalue weighted by molar-refractivity contribution is -0.156. The van der Waals surface area contributed by atoms with E-state index in [0.717, 1.165) is 18.4 Å². The zero-order valence-electron chi connectivity index (χ0n) is 11.6. The summed E-state index contributed by atoms with van der Waals surface area (Å²) in [7, 11) is 0. The average Bonchev–Trinajstić information content (AvgIpc) is 2.40. The van der Waals surface area contributed by atoms with E-state index in [1.54, 1.807) is 0 Å². The van der Waals surface area contributed by atoms with Crippen molar-refractivity contribution in [3.8, 4) is 0 Å². The third-order valence-corrected chi connectivity index (χ3v) is 3.80. The molecule has 0 aromatic heterocycles. The fourth-order valence-electron chi connectivity index (χ4n) is 2.60. The third-order valence-electron chi connectivity index (χ3n) is 3.80. The van der Waals surface area contributed by atoms with Crippen molar-refractivity contribution in [3.05, 3.63) is 36.0 Å². The highest BCUT2D eigenvalue weighted by Crippen LogP contribution is 2.26. The van der Waals surface area contributed by atoms with Crippen molar-refractivity contribution < 1.29 is 9.53 Å². The van der Waals surface area contributed by atoms with E-state index in [0.29, 0.717) is 0 Å². The molecule has 1 saturated heterocycles. The lowest BCUT2D eigenvalue weighted by atomic mass is 9.97. The van der Waals surface area contributed by atoms with Crippen LogP contribution in [0.25, 0.3) is 0 Å². The summed E-state index contributed by atoms with van der Waals surface area (Å²) in [6, 6.07) is 0. The molecule has 0 aromatic carbocycles. The van der Waals surface area contributed by atoms with Crippen molar-refractivity contribution in [2.24, 2.45) is 0 Å². The van der Waals surface area contributed by atoms with E-state index >= 15 is 0 Å². The van der Waals surface area contributed by atoms with Gasteiger partial charge < -0.3 is 4.74 Å². The normalized spacial score (nSPS) is 32.1. The number of fused-ring (bicyclic) bond motifs is 1. The maximum atomic E-state index is 11.4. The SMILES string of the molecule is O=C1OC2CCCCCCCCC/C=C/C=C/C=C/12. The number of hydrogen-bond acceptors (Lipinski definition) is 2. The van der Waals surface area contributed by atoms with Crippen LogP contribution in [0.1, 0.15) is 57.8 Å². The standard InChI is InChI=1S/C17H24O2/c18-17-15-13-11-9-7-5-3-1-2-4-6-8-10-12-14-16(15)19-17/h5,7,9,11,13,16H,1-4,6,8,10,12,14H2/b7-5+,11-9+,15-13+. The second kappa shape index (κ2) is 7.98. The molecule has 0 radical (unpaired) electrons. The molecule has 2 aliphatic rings. The van der Waals surface area contributed by atoms with Crippen LogP contribution in [0.5, 0.6) is 0 Å². The molecule has 0 N–H and O–H groups in total. The molecule has 0 saturated carbocycles. The van der Waals surface area contributed by atoms with Gasteiger partial charge in [0.15, 0.2) is 0 Å². The zero-order chi connectivity index (χ0) is 13.3. The molecule has 1 aliphatic carbocycles. The fraction of sp³-hybridized carbons (Fsp3) is 0.588. The van der Waals surface area contributed by atoms with Crippen molar-refractivity contribution in [1.82, 2.24) is 0 Å². The summed E-state index contributed by atoms with van der Waals surface area (Å²) in [6.45, 7) is 0. The van der Waals surface area contributed by atoms with Crippen LogP contribution in [0.4, 0.5) is 0 Å². The first-order chi connectivity index (χ1) is 9.38. The van der Waals surface area contributed by atoms with Crippen molar-refractivity contribution >= 4 is 5.97 Å². The molecule has 2 nitrogen and oxygen atoms in total. The summed E-state index contributed by atoms with van der Waals surface area (Å²) in [5.74, 6) is -0.139. The molecule has 1 aliphatic heterocycles. The maximum absolute atomic E-state index is 11.4. The Bertz CT molecular complexity index is 377. The third kappa shape index (κ3) is 4.70. The number of rotatable bonds is 0. The van der Waals surface area contributed by atoms with Crippen LogP contribution in [-0.4, -0.2) is 12.1 Å². The first-order valence-corrected chi connectivity index (χ1v) is 7.62. The van der Waals surface area contributed by atoms with E-state index in [9.17, 15) is 4.79 Å². The molecule has 2 heteroatoms. The molecule has 0 amide bonds. The Balaban J connectivity index is 1.89. The first-order valence-electron chi connectivity index (χ1n) is 7.62. The van der Waals surface area contributed by atoms with E-state index in [1.165, 1.54) is 44.9 Å². The predicted molar refractivity (Wildman–Crippen MR) is 77.8 cm³/mol. The number of esters is 1. The van der Waals surface area contributed by atoms with Crippen molar-refractivity contribution in [2.75, 3.05) is 0 Å². The minimum Gasteiger partial charge on any atom is -0.454 e. The minimum absolute atomic E-state index is 0.0500. The van der Waals surface area contributed by atoms with Gasteiger partial charge in [-0.15, -0.1) is 0 Å². The summed E-state index contributed by atoms with van der Waals surface area (Å²) < 4.78 is 5.19. The molecule has 2 rings (SSSR count). The summed E-state index contributed by atoms with van der Waals surface area (Å²) in [5.41, 5.74) is 0.844. The smallest absolute Gasteiger partial charge is 0.338 e. The molecule has 0 aromatic rings. The summed E-state index contributed by atoms with van der Waals surface area (Å²) in [4.78, 5) is 11.4. The summed E-state index contributed by atoms with van der Waals surface area (Å²) in [6.07, 6.45) is 21.4. The molecule has 1 atom stereocenters. The average molecular weight is 260 g/mol. The van der Waals surface area contributed by atoms with Crippen LogP contribution in [-0.2, 0) is 9.53 Å². The van der Waals surface area contributed by atoms with Gasteiger partial charge in [-0.1, -0.05) is 56.4 Å². The van der Waals surface area contributed by atoms with Gasteiger partial charge in [0.1, 0.15) is 6.10 Å². The van der Waals surface area contributed by atoms with Crippen LogP contribution < -0.4 is 0 Å². The number of hydrogen-bond donors (Lipinski definition) is 0. The quantitative estimate of drug-likeness (QED) is 0.600. The Labute approximate surface area is 116 Å². The van der Waals surface area contributed by atoms with Crippen LogP contribution in [0, 0.1) is 0 Å². The van der Waals surface area contributed by atoms with Crippen molar-refractivity contribution in [2.45, 2.75) is 63.9 Å². The molecule has 1 unspecified atom stereocenters. The van der Waals surface area contributed by atoms with E-state index in [-0.39, 0.29) is 12.1 Å². The Morgan fingerprint density at radius 1 is 0.895 bits per heavy atom. The predicted octanol–water partition coefficient (Wildman–Crippen LogP) is 4.48. The lowest BCUT2D eigenvalue weighted by Gasteiger charge is -2.28. The van der Waals surface area contributed by atoms with E-state index in [1.807, 2.05) is 18.2 Å². The lowest BCUT2D eigenvalue weighted by Crippen LogP contribution is -2.36. The second-order valence-corrected chi connectivity index (χ2v) is 5.38. The topological polar surface area (TPSA) is 26.3 Å². The largest absolute Gasteiger partial charge is 0.454 e. The van der Waals surface area contributed by atoms with Crippen LogP contribution in [0.15, 0.2) is 36.0 Å². The van der Waals surface area contributed by atoms with Crippen LogP contribution in [0.3, 0.4) is 0 Å². The van der Waals surface area contributed by atoms with E-state index < -0.39 is 0 Å². The second-order valence-electron chi connectivity index (χ2n) is 5.38. The Hall–Kier alpha value is -1.31. The Kier molecular flexibility index (Phi) is 5.93. The molecular formula is C17H24O2. The van der Waals surface area contributed by atoms with Gasteiger partial charge in [-0.2, -0.15) is 0 Å². The highest BCUT2D eigenvalue weighted by atomic mass is 16.6.